The molecule has 8 heteroatoms. The molecule has 1 aliphatic rings. The number of thiophene rings is 1. The van der Waals surface area contributed by atoms with Crippen LogP contribution in [0.3, 0.4) is 0 Å². The van der Waals surface area contributed by atoms with Gasteiger partial charge in [-0.1, -0.05) is 29.8 Å². The number of hydrogen-bond acceptors (Lipinski definition) is 5. The van der Waals surface area contributed by atoms with Gasteiger partial charge in [0.05, 0.1) is 23.7 Å². The molecular formula is C23H17ClFNO4S. The van der Waals surface area contributed by atoms with Gasteiger partial charge in [-0.15, -0.1) is 11.3 Å². The molecule has 0 aliphatic carbocycles. The van der Waals surface area contributed by atoms with Gasteiger partial charge in [0.25, 0.3) is 11.7 Å². The maximum Gasteiger partial charge on any atom is 0.295 e. The van der Waals surface area contributed by atoms with Gasteiger partial charge in [0.2, 0.25) is 0 Å². The van der Waals surface area contributed by atoms with Crippen molar-refractivity contribution in [1.29, 1.82) is 0 Å². The maximum absolute atomic E-state index is 13.3. The summed E-state index contributed by atoms with van der Waals surface area (Å²) in [5.41, 5.74) is 0.958. The Labute approximate surface area is 187 Å². The van der Waals surface area contributed by atoms with Crippen LogP contribution in [0.1, 0.15) is 22.0 Å². The summed E-state index contributed by atoms with van der Waals surface area (Å²) in [6.45, 7) is 0.0914. The summed E-state index contributed by atoms with van der Waals surface area (Å²) in [7, 11) is 1.44. The van der Waals surface area contributed by atoms with Crippen molar-refractivity contribution in [2.24, 2.45) is 0 Å². The lowest BCUT2D eigenvalue weighted by Crippen LogP contribution is -2.28. The Balaban J connectivity index is 1.82. The van der Waals surface area contributed by atoms with E-state index in [1.807, 2.05) is 11.4 Å². The van der Waals surface area contributed by atoms with E-state index in [0.717, 1.165) is 4.88 Å². The molecular weight excluding hydrogens is 441 g/mol. The number of hydrogen-bond donors (Lipinski definition) is 1. The van der Waals surface area contributed by atoms with Gasteiger partial charge in [0, 0.05) is 17.0 Å². The van der Waals surface area contributed by atoms with Crippen molar-refractivity contribution in [3.63, 3.8) is 0 Å². The van der Waals surface area contributed by atoms with E-state index in [2.05, 4.69) is 0 Å². The lowest BCUT2D eigenvalue weighted by molar-refractivity contribution is -0.140. The van der Waals surface area contributed by atoms with Crippen LogP contribution in [0.2, 0.25) is 5.02 Å². The second-order valence-corrected chi connectivity index (χ2v) is 8.30. The number of methoxy groups -OCH3 is 1. The van der Waals surface area contributed by atoms with Crippen LogP contribution in [0, 0.1) is 5.82 Å². The number of Topliss-reactive ketones (excluding diaryl/α,β-unsaturated/α-hetero) is 1. The third-order valence-corrected chi connectivity index (χ3v) is 6.28. The summed E-state index contributed by atoms with van der Waals surface area (Å²) in [6.07, 6.45) is 0. The predicted molar refractivity (Wildman–Crippen MR) is 117 cm³/mol. The smallest absolute Gasteiger partial charge is 0.295 e. The largest absolute Gasteiger partial charge is 0.507 e. The summed E-state index contributed by atoms with van der Waals surface area (Å²) in [5.74, 6) is -1.89. The SMILES string of the molecule is COc1cc(/C(O)=C2/C(=O)C(=O)N(Cc3ccc(F)cc3)C2c2cccs2)ccc1Cl. The molecule has 0 spiro atoms. The fourth-order valence-corrected chi connectivity index (χ4v) is 4.57. The zero-order valence-electron chi connectivity index (χ0n) is 16.3. The molecule has 1 saturated heterocycles. The first-order valence-corrected chi connectivity index (χ1v) is 10.6. The van der Waals surface area contributed by atoms with Crippen LogP contribution in [0.4, 0.5) is 4.39 Å². The molecule has 1 aromatic heterocycles. The number of carbonyl (C=O) groups is 2. The zero-order chi connectivity index (χ0) is 22.1. The number of ether oxygens (including phenoxy) is 1. The van der Waals surface area contributed by atoms with E-state index in [-0.39, 0.29) is 17.9 Å². The Morgan fingerprint density at radius 3 is 2.58 bits per heavy atom. The highest BCUT2D eigenvalue weighted by Crippen LogP contribution is 2.42. The standard InChI is InChI=1S/C23H17ClFNO4S/c1-30-17-11-14(6-9-16(17)24)21(27)19-20(18-3-2-10-31-18)26(23(29)22(19)28)12-13-4-7-15(25)8-5-13/h2-11,20,27H,12H2,1H3/b21-19-. The van der Waals surface area contributed by atoms with Crippen LogP contribution >= 0.6 is 22.9 Å². The minimum Gasteiger partial charge on any atom is -0.507 e. The highest BCUT2D eigenvalue weighted by molar-refractivity contribution is 7.10. The fraction of sp³-hybridized carbons (Fsp3) is 0.130. The zero-order valence-corrected chi connectivity index (χ0v) is 17.9. The summed E-state index contributed by atoms with van der Waals surface area (Å²) < 4.78 is 18.5. The molecule has 31 heavy (non-hydrogen) atoms. The van der Waals surface area contributed by atoms with E-state index in [1.165, 1.54) is 41.5 Å². The molecule has 1 fully saturated rings. The average molecular weight is 458 g/mol. The van der Waals surface area contributed by atoms with Crippen molar-refractivity contribution in [1.82, 2.24) is 4.90 Å². The molecule has 1 N–H and O–H groups in total. The van der Waals surface area contributed by atoms with E-state index in [9.17, 15) is 19.1 Å². The van der Waals surface area contributed by atoms with E-state index in [0.29, 0.717) is 21.9 Å². The average Bonchev–Trinajstić information content (AvgIpc) is 3.38. The first-order chi connectivity index (χ1) is 14.9. The summed E-state index contributed by atoms with van der Waals surface area (Å²) in [6, 6.07) is 13.2. The summed E-state index contributed by atoms with van der Waals surface area (Å²) >= 11 is 7.44. The Kier molecular flexibility index (Phi) is 5.80. The lowest BCUT2D eigenvalue weighted by Gasteiger charge is -2.24. The second kappa shape index (κ2) is 8.53. The topological polar surface area (TPSA) is 66.8 Å². The van der Waals surface area contributed by atoms with Crippen LogP contribution in [0.15, 0.2) is 65.6 Å². The third-order valence-electron chi connectivity index (χ3n) is 5.04. The minimum absolute atomic E-state index is 0.0149. The molecule has 2 aromatic carbocycles. The molecule has 5 nitrogen and oxygen atoms in total. The maximum atomic E-state index is 13.3. The van der Waals surface area contributed by atoms with Crippen molar-refractivity contribution in [2.45, 2.75) is 12.6 Å². The molecule has 1 atom stereocenters. The highest BCUT2D eigenvalue weighted by Gasteiger charge is 2.46. The normalized spacial score (nSPS) is 17.9. The van der Waals surface area contributed by atoms with Gasteiger partial charge in [-0.05, 0) is 47.3 Å². The molecule has 3 aromatic rings. The van der Waals surface area contributed by atoms with Gasteiger partial charge in [-0.3, -0.25) is 9.59 Å². The van der Waals surface area contributed by atoms with E-state index in [1.54, 1.807) is 30.3 Å². The molecule has 1 aliphatic heterocycles. The predicted octanol–water partition coefficient (Wildman–Crippen LogP) is 5.17. The quantitative estimate of drug-likeness (QED) is 0.326. The van der Waals surface area contributed by atoms with E-state index < -0.39 is 23.5 Å². The van der Waals surface area contributed by atoms with E-state index >= 15 is 0 Å². The summed E-state index contributed by atoms with van der Waals surface area (Å²) in [5, 5.41) is 13.2. The van der Waals surface area contributed by atoms with Crippen molar-refractivity contribution >= 4 is 40.4 Å². The molecule has 0 bridgehead atoms. The van der Waals surface area contributed by atoms with Gasteiger partial charge in [0.15, 0.2) is 0 Å². The number of aliphatic hydroxyl groups is 1. The van der Waals surface area contributed by atoms with Gasteiger partial charge in [-0.25, -0.2) is 4.39 Å². The molecule has 0 saturated carbocycles. The molecule has 2 heterocycles. The first kappa shape index (κ1) is 21.1. The van der Waals surface area contributed by atoms with Crippen molar-refractivity contribution < 1.29 is 23.8 Å². The van der Waals surface area contributed by atoms with Crippen LogP contribution in [0.25, 0.3) is 5.76 Å². The Bertz CT molecular complexity index is 1170. The van der Waals surface area contributed by atoms with Crippen molar-refractivity contribution in [3.8, 4) is 5.75 Å². The Morgan fingerprint density at radius 1 is 1.19 bits per heavy atom. The van der Waals surface area contributed by atoms with Crippen molar-refractivity contribution in [3.05, 3.63) is 92.4 Å². The Hall–Kier alpha value is -3.16. The van der Waals surface area contributed by atoms with Gasteiger partial charge in [0.1, 0.15) is 17.3 Å². The number of halogens is 2. The number of amides is 1. The first-order valence-electron chi connectivity index (χ1n) is 9.31. The molecule has 158 valence electrons. The molecule has 0 radical (unpaired) electrons. The molecule has 1 amide bonds. The monoisotopic (exact) mass is 457 g/mol. The number of nitrogens with zero attached hydrogens (tertiary/aromatic N) is 1. The highest BCUT2D eigenvalue weighted by atomic mass is 35.5. The molecule has 4 rings (SSSR count). The lowest BCUT2D eigenvalue weighted by atomic mass is 9.99. The second-order valence-electron chi connectivity index (χ2n) is 6.92. The number of ketones is 1. The van der Waals surface area contributed by atoms with Gasteiger partial charge in [-0.2, -0.15) is 0 Å². The van der Waals surface area contributed by atoms with Crippen LogP contribution in [-0.2, 0) is 16.1 Å². The number of carbonyl (C=O) groups excluding carboxylic acids is 2. The minimum atomic E-state index is -0.785. The third kappa shape index (κ3) is 3.94. The number of aliphatic hydroxyl groups excluding tert-OH is 1. The number of rotatable bonds is 5. The fourth-order valence-electron chi connectivity index (χ4n) is 3.53. The van der Waals surface area contributed by atoms with E-state index in [4.69, 9.17) is 16.3 Å². The van der Waals surface area contributed by atoms with Crippen molar-refractivity contribution in [2.75, 3.05) is 7.11 Å². The Morgan fingerprint density at radius 2 is 1.94 bits per heavy atom. The summed E-state index contributed by atoms with van der Waals surface area (Å²) in [4.78, 5) is 28.0. The van der Waals surface area contributed by atoms with Crippen LogP contribution in [0.5, 0.6) is 5.75 Å². The van der Waals surface area contributed by atoms with Crippen LogP contribution < -0.4 is 4.74 Å². The van der Waals surface area contributed by atoms with Gasteiger partial charge < -0.3 is 14.7 Å². The van der Waals surface area contributed by atoms with Crippen LogP contribution in [-0.4, -0.2) is 28.8 Å². The number of likely N-dealkylation sites (tertiary alicyclic amines) is 1. The van der Waals surface area contributed by atoms with Gasteiger partial charge >= 0.3 is 0 Å². The number of benzene rings is 2. The molecule has 1 unspecified atom stereocenters.